The van der Waals surface area contributed by atoms with Gasteiger partial charge in [-0.3, -0.25) is 4.79 Å². The second kappa shape index (κ2) is 7.94. The van der Waals surface area contributed by atoms with E-state index in [0.717, 1.165) is 11.3 Å². The van der Waals surface area contributed by atoms with Crippen LogP contribution in [0.2, 0.25) is 0 Å². The summed E-state index contributed by atoms with van der Waals surface area (Å²) < 4.78 is 27.4. The fourth-order valence-corrected chi connectivity index (χ4v) is 2.83. The Morgan fingerprint density at radius 1 is 1.04 bits per heavy atom. The number of benzene rings is 2. The number of nitrogens with one attached hydrogen (secondary N) is 1. The quantitative estimate of drug-likeness (QED) is 0.800. The van der Waals surface area contributed by atoms with Gasteiger partial charge < -0.3 is 10.1 Å². The number of carbonyl (C=O) groups excluding carboxylic acids is 1. The highest BCUT2D eigenvalue weighted by Gasteiger charge is 2.07. The van der Waals surface area contributed by atoms with Crippen LogP contribution in [0.25, 0.3) is 0 Å². The zero-order chi connectivity index (χ0) is 17.6. The molecule has 24 heavy (non-hydrogen) atoms. The minimum atomic E-state index is -3.56. The Kier molecular flexibility index (Phi) is 5.94. The molecule has 0 spiro atoms. The van der Waals surface area contributed by atoms with Crippen LogP contribution >= 0.6 is 0 Å². The number of sulfonamides is 1. The molecular weight excluding hydrogens is 328 g/mol. The summed E-state index contributed by atoms with van der Waals surface area (Å²) in [6.45, 7) is 2.51. The average molecular weight is 348 g/mol. The second-order valence-corrected chi connectivity index (χ2v) is 6.92. The molecule has 2 aromatic carbocycles. The first-order valence-corrected chi connectivity index (χ1v) is 9.18. The highest BCUT2D eigenvalue weighted by atomic mass is 32.2. The molecule has 0 aliphatic rings. The van der Waals surface area contributed by atoms with Gasteiger partial charge in [0, 0.05) is 5.69 Å². The van der Waals surface area contributed by atoms with Gasteiger partial charge in [0.25, 0.3) is 0 Å². The standard InChI is InChI=1S/C17H20N2O4S/c1-2-23-16-9-5-13(6-10-16)11-17(20)19-15-7-3-14(4-8-15)12-24(18,21)22/h3-10H,2,11-12H2,1H3,(H,19,20)(H2,18,21,22). The summed E-state index contributed by atoms with van der Waals surface area (Å²) in [5, 5.41) is 7.76. The normalized spacial score (nSPS) is 11.1. The fraction of sp³-hybridized carbons (Fsp3) is 0.235. The molecule has 0 bridgehead atoms. The van der Waals surface area contributed by atoms with E-state index in [9.17, 15) is 13.2 Å². The average Bonchev–Trinajstić information content (AvgIpc) is 2.50. The van der Waals surface area contributed by atoms with Gasteiger partial charge in [-0.05, 0) is 42.3 Å². The second-order valence-electron chi connectivity index (χ2n) is 5.31. The molecule has 7 heteroatoms. The van der Waals surface area contributed by atoms with E-state index < -0.39 is 10.0 Å². The third kappa shape index (κ3) is 6.02. The smallest absolute Gasteiger partial charge is 0.228 e. The van der Waals surface area contributed by atoms with Crippen LogP contribution in [-0.4, -0.2) is 20.9 Å². The van der Waals surface area contributed by atoms with Gasteiger partial charge in [-0.15, -0.1) is 0 Å². The molecule has 0 atom stereocenters. The minimum absolute atomic E-state index is 0.154. The van der Waals surface area contributed by atoms with Crippen LogP contribution in [0.3, 0.4) is 0 Å². The molecule has 0 fully saturated rings. The molecule has 3 N–H and O–H groups in total. The predicted molar refractivity (Wildman–Crippen MR) is 93.2 cm³/mol. The van der Waals surface area contributed by atoms with Crippen LogP contribution in [0.5, 0.6) is 5.75 Å². The lowest BCUT2D eigenvalue weighted by Gasteiger charge is -2.07. The number of hydrogen-bond acceptors (Lipinski definition) is 4. The number of rotatable bonds is 7. The van der Waals surface area contributed by atoms with Crippen molar-refractivity contribution in [3.05, 3.63) is 59.7 Å². The molecule has 2 rings (SSSR count). The monoisotopic (exact) mass is 348 g/mol. The maximum absolute atomic E-state index is 12.0. The van der Waals surface area contributed by atoms with E-state index >= 15 is 0 Å². The third-order valence-corrected chi connectivity index (χ3v) is 3.94. The number of anilines is 1. The SMILES string of the molecule is CCOc1ccc(CC(=O)Nc2ccc(CS(N)(=O)=O)cc2)cc1. The van der Waals surface area contributed by atoms with Crippen LogP contribution in [0.1, 0.15) is 18.1 Å². The van der Waals surface area contributed by atoms with Crippen molar-refractivity contribution in [1.82, 2.24) is 0 Å². The van der Waals surface area contributed by atoms with E-state index in [1.54, 1.807) is 24.3 Å². The van der Waals surface area contributed by atoms with Gasteiger partial charge >= 0.3 is 0 Å². The van der Waals surface area contributed by atoms with Crippen LogP contribution < -0.4 is 15.2 Å². The van der Waals surface area contributed by atoms with E-state index in [-0.39, 0.29) is 18.1 Å². The summed E-state index contributed by atoms with van der Waals surface area (Å²) >= 11 is 0. The van der Waals surface area contributed by atoms with Crippen molar-refractivity contribution in [2.45, 2.75) is 19.1 Å². The Morgan fingerprint density at radius 3 is 2.17 bits per heavy atom. The minimum Gasteiger partial charge on any atom is -0.494 e. The highest BCUT2D eigenvalue weighted by Crippen LogP contribution is 2.14. The number of primary sulfonamides is 1. The summed E-state index contributed by atoms with van der Waals surface area (Å²) in [7, 11) is -3.56. The topological polar surface area (TPSA) is 98.5 Å². The highest BCUT2D eigenvalue weighted by molar-refractivity contribution is 7.88. The zero-order valence-electron chi connectivity index (χ0n) is 13.4. The van der Waals surface area contributed by atoms with E-state index in [1.807, 2.05) is 31.2 Å². The van der Waals surface area contributed by atoms with Gasteiger partial charge in [-0.2, -0.15) is 0 Å². The van der Waals surface area contributed by atoms with Gasteiger partial charge in [0.1, 0.15) is 5.75 Å². The lowest BCUT2D eigenvalue weighted by Crippen LogP contribution is -2.15. The van der Waals surface area contributed by atoms with Gasteiger partial charge in [-0.1, -0.05) is 24.3 Å². The Hall–Kier alpha value is -2.38. The molecule has 0 saturated heterocycles. The first kappa shape index (κ1) is 18.0. The lowest BCUT2D eigenvalue weighted by atomic mass is 10.1. The number of ether oxygens (including phenoxy) is 1. The van der Waals surface area contributed by atoms with Crippen LogP contribution in [-0.2, 0) is 27.0 Å². The summed E-state index contributed by atoms with van der Waals surface area (Å²) in [5.41, 5.74) is 2.05. The lowest BCUT2D eigenvalue weighted by molar-refractivity contribution is -0.115. The van der Waals surface area contributed by atoms with Gasteiger partial charge in [0.15, 0.2) is 0 Å². The Labute approximate surface area is 141 Å². The Morgan fingerprint density at radius 2 is 1.62 bits per heavy atom. The van der Waals surface area contributed by atoms with Crippen molar-refractivity contribution in [3.8, 4) is 5.75 Å². The number of carbonyl (C=O) groups is 1. The molecule has 2 aromatic rings. The van der Waals surface area contributed by atoms with Crippen LogP contribution in [0, 0.1) is 0 Å². The Bertz CT molecular complexity index is 784. The molecule has 6 nitrogen and oxygen atoms in total. The molecule has 1 amide bonds. The van der Waals surface area contributed by atoms with Crippen molar-refractivity contribution >= 4 is 21.6 Å². The summed E-state index contributed by atoms with van der Waals surface area (Å²) in [4.78, 5) is 12.0. The van der Waals surface area contributed by atoms with Gasteiger partial charge in [0.05, 0.1) is 18.8 Å². The molecule has 0 saturated carbocycles. The number of amides is 1. The van der Waals surface area contributed by atoms with E-state index in [0.29, 0.717) is 17.9 Å². The van der Waals surface area contributed by atoms with Gasteiger partial charge in [0.2, 0.25) is 15.9 Å². The molecule has 0 aliphatic heterocycles. The summed E-state index contributed by atoms with van der Waals surface area (Å²) in [6, 6.07) is 13.9. The molecule has 0 heterocycles. The summed E-state index contributed by atoms with van der Waals surface area (Å²) in [6.07, 6.45) is 0.241. The molecule has 0 aromatic heterocycles. The van der Waals surface area contributed by atoms with Crippen molar-refractivity contribution in [3.63, 3.8) is 0 Å². The maximum atomic E-state index is 12.0. The van der Waals surface area contributed by atoms with Crippen LogP contribution in [0.15, 0.2) is 48.5 Å². The molecular formula is C17H20N2O4S. The number of hydrogen-bond donors (Lipinski definition) is 2. The zero-order valence-corrected chi connectivity index (χ0v) is 14.2. The van der Waals surface area contributed by atoms with Crippen LogP contribution in [0.4, 0.5) is 5.69 Å². The third-order valence-electron chi connectivity index (χ3n) is 3.20. The fourth-order valence-electron chi connectivity index (χ4n) is 2.18. The van der Waals surface area contributed by atoms with E-state index in [1.165, 1.54) is 0 Å². The maximum Gasteiger partial charge on any atom is 0.228 e. The first-order valence-electron chi connectivity index (χ1n) is 7.47. The Balaban J connectivity index is 1.92. The number of nitrogens with two attached hydrogens (primary N) is 1. The van der Waals surface area contributed by atoms with E-state index in [2.05, 4.69) is 5.32 Å². The molecule has 128 valence electrons. The van der Waals surface area contributed by atoms with Crippen molar-refractivity contribution in [2.24, 2.45) is 5.14 Å². The largest absolute Gasteiger partial charge is 0.494 e. The van der Waals surface area contributed by atoms with Crippen molar-refractivity contribution in [1.29, 1.82) is 0 Å². The van der Waals surface area contributed by atoms with Gasteiger partial charge in [-0.25, -0.2) is 13.6 Å². The van der Waals surface area contributed by atoms with Crippen molar-refractivity contribution < 1.29 is 17.9 Å². The first-order chi connectivity index (χ1) is 11.4. The summed E-state index contributed by atoms with van der Waals surface area (Å²) in [5.74, 6) is 0.387. The molecule has 0 unspecified atom stereocenters. The molecule has 0 radical (unpaired) electrons. The predicted octanol–water partition coefficient (Wildman–Crippen LogP) is 2.05. The van der Waals surface area contributed by atoms with E-state index in [4.69, 9.17) is 9.88 Å². The van der Waals surface area contributed by atoms with Crippen molar-refractivity contribution in [2.75, 3.05) is 11.9 Å². The molecule has 0 aliphatic carbocycles.